The Morgan fingerprint density at radius 1 is 1.30 bits per heavy atom. The van der Waals surface area contributed by atoms with E-state index in [9.17, 15) is 22.8 Å². The smallest absolute Gasteiger partial charge is 0.417 e. The molecule has 1 amide bonds. The molecule has 0 fully saturated rings. The first-order valence-corrected chi connectivity index (χ1v) is 6.46. The SMILES string of the molecule is O=C(NC(Cc1cnc[nH]1)C(=O)O)c1ccccc1C(F)(F)F. The Morgan fingerprint density at radius 3 is 2.57 bits per heavy atom. The van der Waals surface area contributed by atoms with Crippen LogP contribution in [-0.4, -0.2) is 33.0 Å². The van der Waals surface area contributed by atoms with Gasteiger partial charge in [-0.15, -0.1) is 0 Å². The van der Waals surface area contributed by atoms with Crippen LogP contribution in [0.1, 0.15) is 21.6 Å². The van der Waals surface area contributed by atoms with E-state index in [2.05, 4.69) is 15.3 Å². The number of carbonyl (C=O) groups is 2. The summed E-state index contributed by atoms with van der Waals surface area (Å²) in [6, 6.07) is 2.80. The van der Waals surface area contributed by atoms with E-state index in [1.807, 2.05) is 0 Å². The lowest BCUT2D eigenvalue weighted by Crippen LogP contribution is -2.43. The summed E-state index contributed by atoms with van der Waals surface area (Å²) in [4.78, 5) is 29.6. The molecular weight excluding hydrogens is 315 g/mol. The zero-order valence-electron chi connectivity index (χ0n) is 11.6. The molecule has 3 N–H and O–H groups in total. The van der Waals surface area contributed by atoms with Crippen molar-refractivity contribution in [3.05, 3.63) is 53.6 Å². The minimum Gasteiger partial charge on any atom is -0.480 e. The van der Waals surface area contributed by atoms with Crippen molar-refractivity contribution in [2.45, 2.75) is 18.6 Å². The molecule has 2 aromatic rings. The Kier molecular flexibility index (Phi) is 4.68. The highest BCUT2D eigenvalue weighted by atomic mass is 19.4. The number of alkyl halides is 3. The number of aromatic amines is 1. The number of halogens is 3. The maximum atomic E-state index is 12.9. The number of imidazole rings is 1. The van der Waals surface area contributed by atoms with Crippen LogP contribution in [-0.2, 0) is 17.4 Å². The number of H-pyrrole nitrogens is 1. The van der Waals surface area contributed by atoms with E-state index in [0.717, 1.165) is 18.2 Å². The minimum absolute atomic E-state index is 0.130. The fourth-order valence-electron chi connectivity index (χ4n) is 1.98. The molecule has 0 aliphatic heterocycles. The van der Waals surface area contributed by atoms with E-state index >= 15 is 0 Å². The molecule has 6 nitrogen and oxygen atoms in total. The Morgan fingerprint density at radius 2 is 2.00 bits per heavy atom. The van der Waals surface area contributed by atoms with Crippen molar-refractivity contribution in [3.8, 4) is 0 Å². The second-order valence-electron chi connectivity index (χ2n) is 4.69. The zero-order chi connectivity index (χ0) is 17.0. The van der Waals surface area contributed by atoms with Crippen LogP contribution in [0.2, 0.25) is 0 Å². The molecule has 0 aliphatic rings. The summed E-state index contributed by atoms with van der Waals surface area (Å²) in [5, 5.41) is 11.2. The fraction of sp³-hybridized carbons (Fsp3) is 0.214. The van der Waals surface area contributed by atoms with Gasteiger partial charge in [0.05, 0.1) is 17.5 Å². The van der Waals surface area contributed by atoms with Crippen LogP contribution in [0.15, 0.2) is 36.8 Å². The lowest BCUT2D eigenvalue weighted by Gasteiger charge is -2.16. The average molecular weight is 327 g/mol. The number of aromatic nitrogens is 2. The normalized spacial score (nSPS) is 12.7. The van der Waals surface area contributed by atoms with Gasteiger partial charge in [0.15, 0.2) is 0 Å². The van der Waals surface area contributed by atoms with E-state index in [1.54, 1.807) is 0 Å². The second kappa shape index (κ2) is 6.51. The highest BCUT2D eigenvalue weighted by Crippen LogP contribution is 2.31. The van der Waals surface area contributed by atoms with Gasteiger partial charge in [0, 0.05) is 18.3 Å². The molecular formula is C14H12F3N3O3. The Bertz CT molecular complexity index is 699. The monoisotopic (exact) mass is 327 g/mol. The topological polar surface area (TPSA) is 95.1 Å². The van der Waals surface area contributed by atoms with Crippen LogP contribution in [0.5, 0.6) is 0 Å². The van der Waals surface area contributed by atoms with Crippen molar-refractivity contribution in [2.24, 2.45) is 0 Å². The van der Waals surface area contributed by atoms with Gasteiger partial charge in [0.1, 0.15) is 6.04 Å². The molecule has 0 spiro atoms. The zero-order valence-corrected chi connectivity index (χ0v) is 11.6. The first-order chi connectivity index (χ1) is 10.8. The van der Waals surface area contributed by atoms with Gasteiger partial charge in [-0.25, -0.2) is 9.78 Å². The van der Waals surface area contributed by atoms with E-state index in [-0.39, 0.29) is 6.42 Å². The predicted molar refractivity (Wildman–Crippen MR) is 72.6 cm³/mol. The van der Waals surface area contributed by atoms with E-state index in [4.69, 9.17) is 5.11 Å². The molecule has 122 valence electrons. The first kappa shape index (κ1) is 16.5. The average Bonchev–Trinajstić information content (AvgIpc) is 2.98. The number of rotatable bonds is 5. The molecule has 0 aliphatic carbocycles. The summed E-state index contributed by atoms with van der Waals surface area (Å²) in [6.45, 7) is 0. The van der Waals surface area contributed by atoms with Crippen molar-refractivity contribution < 1.29 is 27.9 Å². The molecule has 9 heteroatoms. The number of aliphatic carboxylic acids is 1. The molecule has 1 atom stereocenters. The number of hydrogen-bond donors (Lipinski definition) is 3. The number of benzene rings is 1. The molecule has 1 heterocycles. The molecule has 23 heavy (non-hydrogen) atoms. The summed E-state index contributed by atoms with van der Waals surface area (Å²) in [7, 11) is 0. The molecule has 1 aromatic carbocycles. The van der Waals surface area contributed by atoms with E-state index < -0.39 is 35.2 Å². The minimum atomic E-state index is -4.71. The third-order valence-electron chi connectivity index (χ3n) is 3.06. The summed E-state index contributed by atoms with van der Waals surface area (Å²) in [6.07, 6.45) is -2.15. The van der Waals surface area contributed by atoms with E-state index in [0.29, 0.717) is 5.69 Å². The highest BCUT2D eigenvalue weighted by Gasteiger charge is 2.35. The lowest BCUT2D eigenvalue weighted by atomic mass is 10.1. The van der Waals surface area contributed by atoms with Crippen molar-refractivity contribution in [1.82, 2.24) is 15.3 Å². The van der Waals surface area contributed by atoms with Crippen LogP contribution < -0.4 is 5.32 Å². The Balaban J connectivity index is 2.21. The number of carboxylic acids is 1. The molecule has 1 unspecified atom stereocenters. The molecule has 0 saturated heterocycles. The summed E-state index contributed by atoms with van der Waals surface area (Å²) < 4.78 is 38.7. The molecule has 1 aromatic heterocycles. The van der Waals surface area contributed by atoms with Crippen LogP contribution in [0.25, 0.3) is 0 Å². The number of carboxylic acid groups (broad SMARTS) is 1. The van der Waals surface area contributed by atoms with Crippen molar-refractivity contribution in [3.63, 3.8) is 0 Å². The summed E-state index contributed by atoms with van der Waals surface area (Å²) in [5.74, 6) is -2.47. The maximum absolute atomic E-state index is 12.9. The largest absolute Gasteiger partial charge is 0.480 e. The van der Waals surface area contributed by atoms with Crippen molar-refractivity contribution in [1.29, 1.82) is 0 Å². The molecule has 0 radical (unpaired) electrons. The number of amides is 1. The van der Waals surface area contributed by atoms with Crippen LogP contribution in [0, 0.1) is 0 Å². The van der Waals surface area contributed by atoms with Gasteiger partial charge in [-0.05, 0) is 12.1 Å². The number of nitrogens with zero attached hydrogens (tertiary/aromatic N) is 1. The standard InChI is InChI=1S/C14H12F3N3O3/c15-14(16,17)10-4-2-1-3-9(10)12(21)20-11(13(22)23)5-8-6-18-7-19-8/h1-4,6-7,11H,5H2,(H,18,19)(H,20,21)(H,22,23). The Labute approximate surface area is 128 Å². The van der Waals surface area contributed by atoms with E-state index in [1.165, 1.54) is 18.6 Å². The van der Waals surface area contributed by atoms with Crippen molar-refractivity contribution >= 4 is 11.9 Å². The number of carbonyl (C=O) groups excluding carboxylic acids is 1. The fourth-order valence-corrected chi connectivity index (χ4v) is 1.98. The van der Waals surface area contributed by atoms with Gasteiger partial charge in [-0.1, -0.05) is 12.1 Å². The highest BCUT2D eigenvalue weighted by molar-refractivity contribution is 5.98. The predicted octanol–water partition coefficient (Wildman–Crippen LogP) is 1.85. The van der Waals surface area contributed by atoms with Crippen LogP contribution >= 0.6 is 0 Å². The van der Waals surface area contributed by atoms with Gasteiger partial charge in [-0.3, -0.25) is 4.79 Å². The summed E-state index contributed by atoms with van der Waals surface area (Å²) in [5.41, 5.74) is -1.32. The molecule has 0 bridgehead atoms. The van der Waals surface area contributed by atoms with Gasteiger partial charge < -0.3 is 15.4 Å². The number of nitrogens with one attached hydrogen (secondary N) is 2. The van der Waals surface area contributed by atoms with Crippen LogP contribution in [0.3, 0.4) is 0 Å². The molecule has 0 saturated carbocycles. The van der Waals surface area contributed by atoms with Crippen LogP contribution in [0.4, 0.5) is 13.2 Å². The molecule has 2 rings (SSSR count). The van der Waals surface area contributed by atoms with Gasteiger partial charge in [0.25, 0.3) is 5.91 Å². The Hall–Kier alpha value is -2.84. The number of hydrogen-bond acceptors (Lipinski definition) is 3. The lowest BCUT2D eigenvalue weighted by molar-refractivity contribution is -0.139. The third-order valence-corrected chi connectivity index (χ3v) is 3.06. The first-order valence-electron chi connectivity index (χ1n) is 6.46. The summed E-state index contributed by atoms with van der Waals surface area (Å²) >= 11 is 0. The van der Waals surface area contributed by atoms with Gasteiger partial charge >= 0.3 is 12.1 Å². The second-order valence-corrected chi connectivity index (χ2v) is 4.69. The quantitative estimate of drug-likeness (QED) is 0.781. The van der Waals surface area contributed by atoms with Gasteiger partial charge in [-0.2, -0.15) is 13.2 Å². The van der Waals surface area contributed by atoms with Gasteiger partial charge in [0.2, 0.25) is 0 Å². The third kappa shape index (κ3) is 4.09. The maximum Gasteiger partial charge on any atom is 0.417 e. The van der Waals surface area contributed by atoms with Crippen molar-refractivity contribution in [2.75, 3.05) is 0 Å².